The van der Waals surface area contributed by atoms with Crippen LogP contribution in [0.25, 0.3) is 0 Å². The lowest BCUT2D eigenvalue weighted by atomic mass is 10.1. The largest absolute Gasteiger partial charge is 0.545 e. The Morgan fingerprint density at radius 3 is 1.88 bits per heavy atom. The Balaban J connectivity index is 0.000000535. The van der Waals surface area contributed by atoms with E-state index in [4.69, 9.17) is 5.11 Å². The van der Waals surface area contributed by atoms with Crippen LogP contribution in [0.3, 0.4) is 0 Å². The van der Waals surface area contributed by atoms with E-state index < -0.39 is 5.97 Å². The molecule has 0 aliphatic heterocycles. The first-order chi connectivity index (χ1) is 11.9. The van der Waals surface area contributed by atoms with Crippen molar-refractivity contribution in [3.63, 3.8) is 0 Å². The summed E-state index contributed by atoms with van der Waals surface area (Å²) in [6.07, 6.45) is 11.1. The molecule has 0 bridgehead atoms. The summed E-state index contributed by atoms with van der Waals surface area (Å²) in [4.78, 5) is 10.1. The first-order valence-electron chi connectivity index (χ1n) is 9.62. The second-order valence-electron chi connectivity index (χ2n) is 7.23. The molecule has 0 atom stereocenters. The van der Waals surface area contributed by atoms with Gasteiger partial charge in [-0.2, -0.15) is 0 Å². The number of likely N-dealkylation sites (N-methyl/N-ethyl adjacent to an activating group) is 1. The number of nitrogens with zero attached hydrogens (tertiary/aromatic N) is 1. The molecular weight excluding hydrogens is 314 g/mol. The zero-order chi connectivity index (χ0) is 19.0. The van der Waals surface area contributed by atoms with E-state index in [0.29, 0.717) is 6.61 Å². The second-order valence-corrected chi connectivity index (χ2v) is 7.23. The van der Waals surface area contributed by atoms with Crippen LogP contribution >= 0.6 is 0 Å². The highest BCUT2D eigenvalue weighted by Crippen LogP contribution is 2.09. The fourth-order valence-electron chi connectivity index (χ4n) is 2.63. The van der Waals surface area contributed by atoms with Crippen LogP contribution in [-0.2, 0) is 0 Å². The molecule has 0 unspecified atom stereocenters. The first-order valence-corrected chi connectivity index (χ1v) is 9.62. The fourth-order valence-corrected chi connectivity index (χ4v) is 2.63. The predicted molar refractivity (Wildman–Crippen MR) is 102 cm³/mol. The molecule has 0 amide bonds. The van der Waals surface area contributed by atoms with Gasteiger partial charge in [-0.25, -0.2) is 0 Å². The highest BCUT2D eigenvalue weighted by molar-refractivity contribution is 5.85. The van der Waals surface area contributed by atoms with Gasteiger partial charge in [-0.3, -0.25) is 0 Å². The first kappa shape index (κ1) is 23.6. The highest BCUT2D eigenvalue weighted by Gasteiger charge is 2.12. The zero-order valence-electron chi connectivity index (χ0n) is 16.4. The van der Waals surface area contributed by atoms with E-state index in [1.807, 2.05) is 0 Å². The molecule has 0 aliphatic carbocycles. The summed E-state index contributed by atoms with van der Waals surface area (Å²) in [6, 6.07) is 8.06. The van der Waals surface area contributed by atoms with Gasteiger partial charge in [0, 0.05) is 0 Å². The smallest absolute Gasteiger partial charge is 0.102 e. The summed E-state index contributed by atoms with van der Waals surface area (Å²) in [6.45, 7) is 4.66. The van der Waals surface area contributed by atoms with Crippen LogP contribution in [0.2, 0.25) is 0 Å². The maximum absolute atomic E-state index is 10.1. The topological polar surface area (TPSA) is 60.4 Å². The van der Waals surface area contributed by atoms with Crippen LogP contribution in [0.5, 0.6) is 0 Å². The molecule has 0 spiro atoms. The van der Waals surface area contributed by atoms with Crippen LogP contribution in [-0.4, -0.2) is 49.4 Å². The lowest BCUT2D eigenvalue weighted by Crippen LogP contribution is -2.42. The lowest BCUT2D eigenvalue weighted by molar-refractivity contribution is -0.890. The molecule has 0 radical (unpaired) electrons. The van der Waals surface area contributed by atoms with Crippen molar-refractivity contribution in [1.82, 2.24) is 0 Å². The monoisotopic (exact) mass is 351 g/mol. The molecule has 0 saturated heterocycles. The van der Waals surface area contributed by atoms with Crippen LogP contribution in [0.1, 0.15) is 68.6 Å². The molecule has 4 heteroatoms. The molecule has 144 valence electrons. The number of carbonyl (C=O) groups excluding carboxylic acids is 1. The average Bonchev–Trinajstić information content (AvgIpc) is 2.58. The van der Waals surface area contributed by atoms with Crippen molar-refractivity contribution in [1.29, 1.82) is 0 Å². The van der Waals surface area contributed by atoms with E-state index in [1.165, 1.54) is 70.0 Å². The number of carboxylic acids is 1. The van der Waals surface area contributed by atoms with Crippen molar-refractivity contribution in [3.05, 3.63) is 35.9 Å². The van der Waals surface area contributed by atoms with E-state index in [1.54, 1.807) is 18.2 Å². The maximum atomic E-state index is 10.1. The van der Waals surface area contributed by atoms with Crippen molar-refractivity contribution in [3.8, 4) is 0 Å². The van der Waals surface area contributed by atoms with Gasteiger partial charge in [0.15, 0.2) is 0 Å². The molecule has 4 nitrogen and oxygen atoms in total. The van der Waals surface area contributed by atoms with Gasteiger partial charge in [-0.1, -0.05) is 75.8 Å². The predicted octanol–water partition coefficient (Wildman–Crippen LogP) is 3.25. The number of carboxylic acid groups (broad SMARTS) is 1. The summed E-state index contributed by atoms with van der Waals surface area (Å²) < 4.78 is 0.965. The number of quaternary nitrogens is 1. The molecule has 1 aromatic carbocycles. The van der Waals surface area contributed by atoms with Gasteiger partial charge in [0.25, 0.3) is 0 Å². The summed E-state index contributed by atoms with van der Waals surface area (Å²) >= 11 is 0. The minimum absolute atomic E-state index is 0.220. The number of carbonyl (C=O) groups is 1. The Kier molecular flexibility index (Phi) is 14.1. The van der Waals surface area contributed by atoms with Gasteiger partial charge in [-0.15, -0.1) is 0 Å². The summed E-state index contributed by atoms with van der Waals surface area (Å²) in [5.74, 6) is -1.13. The third kappa shape index (κ3) is 14.6. The summed E-state index contributed by atoms with van der Waals surface area (Å²) in [7, 11) is 4.41. The molecule has 0 fully saturated rings. The van der Waals surface area contributed by atoms with Crippen LogP contribution in [0, 0.1) is 0 Å². The number of aliphatic hydroxyl groups excluding tert-OH is 1. The Morgan fingerprint density at radius 1 is 0.920 bits per heavy atom. The van der Waals surface area contributed by atoms with Crippen molar-refractivity contribution < 1.29 is 19.5 Å². The Bertz CT molecular complexity index is 432. The van der Waals surface area contributed by atoms with Gasteiger partial charge >= 0.3 is 0 Å². The van der Waals surface area contributed by atoms with Crippen molar-refractivity contribution in [2.24, 2.45) is 0 Å². The van der Waals surface area contributed by atoms with E-state index in [2.05, 4.69) is 21.0 Å². The third-order valence-electron chi connectivity index (χ3n) is 4.33. The Morgan fingerprint density at radius 2 is 1.44 bits per heavy atom. The van der Waals surface area contributed by atoms with Gasteiger partial charge < -0.3 is 19.5 Å². The van der Waals surface area contributed by atoms with Crippen molar-refractivity contribution >= 4 is 5.97 Å². The number of unbranched alkanes of at least 4 members (excludes halogenated alkanes) is 7. The third-order valence-corrected chi connectivity index (χ3v) is 4.33. The van der Waals surface area contributed by atoms with Gasteiger partial charge in [0.1, 0.15) is 6.54 Å². The summed E-state index contributed by atoms with van der Waals surface area (Å²) in [5, 5.41) is 19.0. The maximum Gasteiger partial charge on any atom is 0.102 e. The van der Waals surface area contributed by atoms with Gasteiger partial charge in [0.2, 0.25) is 0 Å². The normalized spacial score (nSPS) is 10.9. The number of aromatic carboxylic acids is 1. The molecule has 0 saturated carbocycles. The van der Waals surface area contributed by atoms with Gasteiger partial charge in [0.05, 0.1) is 33.2 Å². The standard InChI is InChI=1S/C14H32NO.C7H6O2/c1-4-5-6-7-8-9-10-11-12-15(2,3)13-14-16;8-7(9)6-4-2-1-3-5-6/h16H,4-14H2,1-3H3;1-5H,(H,8,9)/q+1;/p-1. The van der Waals surface area contributed by atoms with E-state index in [-0.39, 0.29) is 5.56 Å². The minimum atomic E-state index is -1.13. The number of benzene rings is 1. The van der Waals surface area contributed by atoms with E-state index in [0.717, 1.165) is 11.0 Å². The number of hydrogen-bond acceptors (Lipinski definition) is 3. The molecule has 0 aromatic heterocycles. The lowest BCUT2D eigenvalue weighted by Gasteiger charge is -2.28. The SMILES string of the molecule is CCCCCCCCCC[N+](C)(C)CCO.O=C([O-])c1ccccc1. The van der Waals surface area contributed by atoms with Crippen LogP contribution in [0.15, 0.2) is 30.3 Å². The van der Waals surface area contributed by atoms with Crippen LogP contribution in [0.4, 0.5) is 0 Å². The van der Waals surface area contributed by atoms with Crippen molar-refractivity contribution in [2.45, 2.75) is 58.3 Å². The second kappa shape index (κ2) is 14.9. The molecule has 1 N–H and O–H groups in total. The minimum Gasteiger partial charge on any atom is -0.545 e. The molecule has 25 heavy (non-hydrogen) atoms. The number of hydrogen-bond donors (Lipinski definition) is 1. The molecule has 1 rings (SSSR count). The van der Waals surface area contributed by atoms with E-state index >= 15 is 0 Å². The molecule has 0 heterocycles. The molecule has 1 aromatic rings. The fraction of sp³-hybridized carbons (Fsp3) is 0.667. The number of aliphatic hydroxyl groups is 1. The van der Waals surface area contributed by atoms with Crippen LogP contribution < -0.4 is 5.11 Å². The Hall–Kier alpha value is -1.39. The molecular formula is C21H37NO3. The zero-order valence-corrected chi connectivity index (χ0v) is 16.4. The number of rotatable bonds is 12. The van der Waals surface area contributed by atoms with Gasteiger partial charge in [-0.05, 0) is 18.4 Å². The quantitative estimate of drug-likeness (QED) is 0.464. The Labute approximate surface area is 154 Å². The average molecular weight is 352 g/mol. The van der Waals surface area contributed by atoms with E-state index in [9.17, 15) is 9.90 Å². The highest BCUT2D eigenvalue weighted by atomic mass is 16.4. The molecule has 0 aliphatic rings. The summed E-state index contributed by atoms with van der Waals surface area (Å²) in [5.41, 5.74) is 0.220. The van der Waals surface area contributed by atoms with Crippen molar-refractivity contribution in [2.75, 3.05) is 33.8 Å².